The Morgan fingerprint density at radius 1 is 1.03 bits per heavy atom. The number of alkyl halides is 2. The van der Waals surface area contributed by atoms with Gasteiger partial charge in [-0.05, 0) is 48.9 Å². The second-order valence-corrected chi connectivity index (χ2v) is 8.04. The average molecular weight is 489 g/mol. The summed E-state index contributed by atoms with van der Waals surface area (Å²) < 4.78 is 46.9. The van der Waals surface area contributed by atoms with Crippen molar-refractivity contribution < 1.29 is 43.4 Å². The molecule has 7 nitrogen and oxygen atoms in total. The van der Waals surface area contributed by atoms with Crippen molar-refractivity contribution in [1.29, 1.82) is 0 Å². The molecule has 1 aliphatic heterocycles. The Morgan fingerprint density at radius 2 is 1.73 bits per heavy atom. The number of ether oxygens (including phenoxy) is 3. The molecule has 0 aromatic heterocycles. The van der Waals surface area contributed by atoms with Crippen molar-refractivity contribution in [2.24, 2.45) is 0 Å². The van der Waals surface area contributed by atoms with Gasteiger partial charge in [0, 0.05) is 11.1 Å². The van der Waals surface area contributed by atoms with Gasteiger partial charge < -0.3 is 34.6 Å². The summed E-state index contributed by atoms with van der Waals surface area (Å²) in [4.78, 5) is 0. The lowest BCUT2D eigenvalue weighted by Crippen LogP contribution is -2.55. The zero-order valence-corrected chi connectivity index (χ0v) is 18.7. The van der Waals surface area contributed by atoms with E-state index in [4.69, 9.17) is 30.9 Å². The minimum absolute atomic E-state index is 0.0186. The van der Waals surface area contributed by atoms with Crippen LogP contribution in [0.15, 0.2) is 42.5 Å². The van der Waals surface area contributed by atoms with E-state index in [1.807, 2.05) is 0 Å². The van der Waals surface area contributed by atoms with E-state index in [1.165, 1.54) is 36.4 Å². The van der Waals surface area contributed by atoms with Crippen LogP contribution in [0.25, 0.3) is 0 Å². The normalized spacial score (nSPS) is 25.8. The third-order valence-corrected chi connectivity index (χ3v) is 5.74. The van der Waals surface area contributed by atoms with Crippen molar-refractivity contribution in [2.45, 2.75) is 43.4 Å². The van der Waals surface area contributed by atoms with Crippen LogP contribution in [0.4, 0.5) is 8.78 Å². The minimum atomic E-state index is -3.47. The summed E-state index contributed by atoms with van der Waals surface area (Å²) in [6.45, 7) is 1.74. The highest BCUT2D eigenvalue weighted by Crippen LogP contribution is 2.42. The molecule has 3 rings (SSSR count). The van der Waals surface area contributed by atoms with Gasteiger partial charge in [-0.15, -0.1) is 0 Å². The standard InChI is InChI=1S/C23H27ClF2O7/c1-2-32-15-6-4-14(5-7-15)23(25,26)16-11-13(3-8-17(16)24)22-21(30)20(29)19(28)18(33-22)12-31-10-9-27/h3-8,11,18-22,27-30H,2,9-10,12H2,1H3/t18-,19-,20+,21-,22+/m1/s1. The van der Waals surface area contributed by atoms with E-state index in [9.17, 15) is 15.3 Å². The molecule has 0 saturated carbocycles. The second kappa shape index (κ2) is 11.1. The first-order valence-corrected chi connectivity index (χ1v) is 10.9. The molecular formula is C23H27ClF2O7. The molecule has 1 heterocycles. The predicted octanol–water partition coefficient (Wildman–Crippen LogP) is 2.41. The summed E-state index contributed by atoms with van der Waals surface area (Å²) in [5, 5.41) is 39.6. The van der Waals surface area contributed by atoms with Gasteiger partial charge in [0.25, 0.3) is 5.92 Å². The molecule has 0 unspecified atom stereocenters. The van der Waals surface area contributed by atoms with E-state index in [0.29, 0.717) is 12.4 Å². The summed E-state index contributed by atoms with van der Waals surface area (Å²) >= 11 is 6.11. The van der Waals surface area contributed by atoms with Gasteiger partial charge >= 0.3 is 0 Å². The Kier molecular flexibility index (Phi) is 8.63. The fraction of sp³-hybridized carbons (Fsp3) is 0.478. The summed E-state index contributed by atoms with van der Waals surface area (Å²) in [5.41, 5.74) is -0.665. The topological polar surface area (TPSA) is 109 Å². The highest BCUT2D eigenvalue weighted by atomic mass is 35.5. The monoisotopic (exact) mass is 488 g/mol. The SMILES string of the molecule is CCOc1ccc(C(F)(F)c2cc([C@@H]3O[C@H](COCCO)[C@@H](O)[C@H](O)[C@H]3O)ccc2Cl)cc1. The van der Waals surface area contributed by atoms with Crippen LogP contribution >= 0.6 is 11.6 Å². The van der Waals surface area contributed by atoms with Crippen LogP contribution in [0.5, 0.6) is 5.75 Å². The highest BCUT2D eigenvalue weighted by molar-refractivity contribution is 6.31. The Bertz CT molecular complexity index is 912. The summed E-state index contributed by atoms with van der Waals surface area (Å²) in [6.07, 6.45) is -6.92. The Morgan fingerprint density at radius 3 is 2.36 bits per heavy atom. The van der Waals surface area contributed by atoms with Crippen LogP contribution in [-0.4, -0.2) is 71.3 Å². The van der Waals surface area contributed by atoms with Crippen LogP contribution < -0.4 is 4.74 Å². The van der Waals surface area contributed by atoms with E-state index in [2.05, 4.69) is 0 Å². The molecular weight excluding hydrogens is 462 g/mol. The summed E-state index contributed by atoms with van der Waals surface area (Å²) in [7, 11) is 0. The van der Waals surface area contributed by atoms with Gasteiger partial charge in [-0.3, -0.25) is 0 Å². The molecule has 1 saturated heterocycles. The minimum Gasteiger partial charge on any atom is -0.494 e. The molecule has 0 aliphatic carbocycles. The van der Waals surface area contributed by atoms with Crippen LogP contribution in [0.3, 0.4) is 0 Å². The number of aliphatic hydroxyl groups excluding tert-OH is 4. The molecule has 1 fully saturated rings. The van der Waals surface area contributed by atoms with Gasteiger partial charge in [0.1, 0.15) is 36.3 Å². The molecule has 0 spiro atoms. The predicted molar refractivity (Wildman–Crippen MR) is 116 cm³/mol. The number of hydrogen-bond donors (Lipinski definition) is 4. The first-order chi connectivity index (χ1) is 15.7. The molecule has 0 amide bonds. The molecule has 33 heavy (non-hydrogen) atoms. The van der Waals surface area contributed by atoms with E-state index < -0.39 is 42.0 Å². The van der Waals surface area contributed by atoms with Crippen molar-refractivity contribution in [1.82, 2.24) is 0 Å². The fourth-order valence-corrected chi connectivity index (χ4v) is 3.91. The average Bonchev–Trinajstić information content (AvgIpc) is 2.80. The molecule has 2 aromatic rings. The smallest absolute Gasteiger partial charge is 0.299 e. The number of halogens is 3. The molecule has 0 bridgehead atoms. The third-order valence-electron chi connectivity index (χ3n) is 5.42. The lowest BCUT2D eigenvalue weighted by molar-refractivity contribution is -0.235. The number of hydrogen-bond acceptors (Lipinski definition) is 7. The zero-order valence-electron chi connectivity index (χ0n) is 17.9. The van der Waals surface area contributed by atoms with E-state index >= 15 is 8.78 Å². The molecule has 1 aliphatic rings. The van der Waals surface area contributed by atoms with Crippen LogP contribution in [0, 0.1) is 0 Å². The molecule has 2 aromatic carbocycles. The molecule has 5 atom stereocenters. The second-order valence-electron chi connectivity index (χ2n) is 7.64. The maximum Gasteiger partial charge on any atom is 0.299 e. The van der Waals surface area contributed by atoms with Crippen molar-refractivity contribution in [3.63, 3.8) is 0 Å². The number of rotatable bonds is 9. The Labute approximate surface area is 195 Å². The number of benzene rings is 2. The first-order valence-electron chi connectivity index (χ1n) is 10.5. The molecule has 182 valence electrons. The van der Waals surface area contributed by atoms with Gasteiger partial charge in [-0.2, -0.15) is 8.78 Å². The molecule has 4 N–H and O–H groups in total. The zero-order chi connectivity index (χ0) is 24.2. The summed E-state index contributed by atoms with van der Waals surface area (Å²) in [5.74, 6) is -3.02. The van der Waals surface area contributed by atoms with Crippen LogP contribution in [-0.2, 0) is 15.4 Å². The maximum absolute atomic E-state index is 15.4. The molecule has 0 radical (unpaired) electrons. The molecule has 10 heteroatoms. The highest BCUT2D eigenvalue weighted by Gasteiger charge is 2.45. The van der Waals surface area contributed by atoms with E-state index in [-0.39, 0.29) is 36.0 Å². The summed E-state index contributed by atoms with van der Waals surface area (Å²) in [6, 6.07) is 9.15. The fourth-order valence-electron chi connectivity index (χ4n) is 3.67. The van der Waals surface area contributed by atoms with Crippen LogP contribution in [0.2, 0.25) is 5.02 Å². The first kappa shape index (κ1) is 25.8. The van der Waals surface area contributed by atoms with Crippen molar-refractivity contribution in [2.75, 3.05) is 26.4 Å². The maximum atomic E-state index is 15.4. The van der Waals surface area contributed by atoms with Crippen molar-refractivity contribution in [3.05, 3.63) is 64.2 Å². The van der Waals surface area contributed by atoms with E-state index in [1.54, 1.807) is 6.92 Å². The lowest BCUT2D eigenvalue weighted by atomic mass is 9.89. The lowest BCUT2D eigenvalue weighted by Gasteiger charge is -2.41. The third kappa shape index (κ3) is 5.63. The van der Waals surface area contributed by atoms with Crippen molar-refractivity contribution >= 4 is 11.6 Å². The van der Waals surface area contributed by atoms with E-state index in [0.717, 1.165) is 6.07 Å². The quantitative estimate of drug-likeness (QED) is 0.401. The van der Waals surface area contributed by atoms with Gasteiger partial charge in [-0.25, -0.2) is 0 Å². The van der Waals surface area contributed by atoms with Gasteiger partial charge in [0.2, 0.25) is 0 Å². The Hall–Kier alpha value is -1.85. The van der Waals surface area contributed by atoms with Gasteiger partial charge in [0.05, 0.1) is 31.5 Å². The van der Waals surface area contributed by atoms with Gasteiger partial charge in [-0.1, -0.05) is 17.7 Å². The largest absolute Gasteiger partial charge is 0.494 e. The van der Waals surface area contributed by atoms with Crippen molar-refractivity contribution in [3.8, 4) is 5.75 Å². The van der Waals surface area contributed by atoms with Gasteiger partial charge in [0.15, 0.2) is 0 Å². The Balaban J connectivity index is 1.90. The van der Waals surface area contributed by atoms with Crippen LogP contribution in [0.1, 0.15) is 29.7 Å². The number of aliphatic hydroxyl groups is 4.